The second-order valence-corrected chi connectivity index (χ2v) is 5.10. The molecule has 0 fully saturated rings. The van der Waals surface area contributed by atoms with Crippen LogP contribution in [-0.2, 0) is 9.53 Å². The maximum atomic E-state index is 11.5. The average Bonchev–Trinajstić information content (AvgIpc) is 2.23. The van der Waals surface area contributed by atoms with Crippen LogP contribution in [0.25, 0.3) is 0 Å². The summed E-state index contributed by atoms with van der Waals surface area (Å²) in [6, 6.07) is 4.47. The minimum absolute atomic E-state index is 0.0656. The van der Waals surface area contributed by atoms with Crippen LogP contribution in [0.4, 0.5) is 5.69 Å². The maximum Gasteiger partial charge on any atom is 0.344 e. The first-order valence-electron chi connectivity index (χ1n) is 5.79. The van der Waals surface area contributed by atoms with Crippen LogP contribution in [0, 0.1) is 17.0 Å². The highest BCUT2D eigenvalue weighted by Gasteiger charge is 2.19. The van der Waals surface area contributed by atoms with Gasteiger partial charge in [-0.25, -0.2) is 4.79 Å². The number of carbonyl (C=O) groups excluding carboxylic acids is 1. The van der Waals surface area contributed by atoms with Crippen LogP contribution >= 0.6 is 0 Å². The van der Waals surface area contributed by atoms with Crippen LogP contribution in [-0.4, -0.2) is 23.1 Å². The summed E-state index contributed by atoms with van der Waals surface area (Å²) in [5.74, 6) is -0.501. The van der Waals surface area contributed by atoms with Crippen molar-refractivity contribution in [3.8, 4) is 5.75 Å². The maximum absolute atomic E-state index is 11.5. The van der Waals surface area contributed by atoms with Gasteiger partial charge in [-0.2, -0.15) is 0 Å². The topological polar surface area (TPSA) is 78.7 Å². The van der Waals surface area contributed by atoms with E-state index < -0.39 is 16.5 Å². The van der Waals surface area contributed by atoms with Gasteiger partial charge < -0.3 is 9.47 Å². The Hall–Kier alpha value is -2.11. The molecule has 0 radical (unpaired) electrons. The molecule has 6 heteroatoms. The largest absolute Gasteiger partial charge is 0.475 e. The van der Waals surface area contributed by atoms with Crippen molar-refractivity contribution in [2.45, 2.75) is 33.3 Å². The predicted molar refractivity (Wildman–Crippen MR) is 69.2 cm³/mol. The second-order valence-electron chi connectivity index (χ2n) is 5.10. The minimum Gasteiger partial charge on any atom is -0.475 e. The van der Waals surface area contributed by atoms with E-state index in [0.29, 0.717) is 0 Å². The lowest BCUT2D eigenvalue weighted by Crippen LogP contribution is -2.27. The number of rotatable bonds is 4. The summed E-state index contributed by atoms with van der Waals surface area (Å²) < 4.78 is 10.2. The molecule has 0 aromatic heterocycles. The number of nitrogens with zero attached hydrogens (tertiary/aromatic N) is 1. The van der Waals surface area contributed by atoms with Crippen molar-refractivity contribution in [1.82, 2.24) is 0 Å². The summed E-state index contributed by atoms with van der Waals surface area (Å²) in [7, 11) is 0. The summed E-state index contributed by atoms with van der Waals surface area (Å²) >= 11 is 0. The zero-order valence-electron chi connectivity index (χ0n) is 11.4. The third kappa shape index (κ3) is 4.95. The van der Waals surface area contributed by atoms with Crippen LogP contribution in [0.1, 0.15) is 26.3 Å². The highest BCUT2D eigenvalue weighted by Crippen LogP contribution is 2.27. The summed E-state index contributed by atoms with van der Waals surface area (Å²) in [6.07, 6.45) is 0. The number of benzene rings is 1. The Morgan fingerprint density at radius 3 is 2.53 bits per heavy atom. The van der Waals surface area contributed by atoms with Gasteiger partial charge in [-0.3, -0.25) is 10.1 Å². The Morgan fingerprint density at radius 1 is 1.37 bits per heavy atom. The number of carbonyl (C=O) groups is 1. The molecule has 0 spiro atoms. The Morgan fingerprint density at radius 2 is 2.00 bits per heavy atom. The molecule has 0 aliphatic carbocycles. The van der Waals surface area contributed by atoms with Crippen molar-refractivity contribution in [3.63, 3.8) is 0 Å². The van der Waals surface area contributed by atoms with E-state index in [9.17, 15) is 14.9 Å². The summed E-state index contributed by atoms with van der Waals surface area (Å²) in [5, 5.41) is 10.8. The molecule has 0 amide bonds. The van der Waals surface area contributed by atoms with Crippen LogP contribution in [0.5, 0.6) is 5.75 Å². The monoisotopic (exact) mass is 267 g/mol. The molecule has 0 bridgehead atoms. The molecule has 6 nitrogen and oxygen atoms in total. The van der Waals surface area contributed by atoms with E-state index in [0.717, 1.165) is 5.56 Å². The van der Waals surface area contributed by atoms with E-state index in [2.05, 4.69) is 0 Å². The van der Waals surface area contributed by atoms with Gasteiger partial charge in [0, 0.05) is 6.07 Å². The van der Waals surface area contributed by atoms with Gasteiger partial charge in [-0.1, -0.05) is 6.07 Å². The van der Waals surface area contributed by atoms with Gasteiger partial charge in [0.2, 0.25) is 0 Å². The van der Waals surface area contributed by atoms with Crippen LogP contribution in [0.15, 0.2) is 18.2 Å². The molecule has 0 aliphatic heterocycles. The first-order chi connectivity index (χ1) is 8.69. The highest BCUT2D eigenvalue weighted by atomic mass is 16.6. The molecule has 19 heavy (non-hydrogen) atoms. The standard InChI is InChI=1S/C13H17NO5/c1-9-5-6-10(14(16)17)11(7-9)18-8-12(15)19-13(2,3)4/h5-7H,8H2,1-4H3. The van der Waals surface area contributed by atoms with Crippen LogP contribution in [0.3, 0.4) is 0 Å². The van der Waals surface area contributed by atoms with Gasteiger partial charge >= 0.3 is 11.7 Å². The fraction of sp³-hybridized carbons (Fsp3) is 0.462. The van der Waals surface area contributed by atoms with Crippen molar-refractivity contribution in [2.75, 3.05) is 6.61 Å². The number of aryl methyl sites for hydroxylation is 1. The van der Waals surface area contributed by atoms with Crippen LogP contribution in [0.2, 0.25) is 0 Å². The summed E-state index contributed by atoms with van der Waals surface area (Å²) in [6.45, 7) is 6.63. The van der Waals surface area contributed by atoms with E-state index in [4.69, 9.17) is 9.47 Å². The number of nitro benzene ring substituents is 1. The fourth-order valence-corrected chi connectivity index (χ4v) is 1.40. The molecular weight excluding hydrogens is 250 g/mol. The fourth-order valence-electron chi connectivity index (χ4n) is 1.40. The van der Waals surface area contributed by atoms with Gasteiger partial charge in [0.05, 0.1) is 4.92 Å². The van der Waals surface area contributed by atoms with Gasteiger partial charge in [0.15, 0.2) is 12.4 Å². The number of nitro groups is 1. The zero-order chi connectivity index (χ0) is 14.6. The van der Waals surface area contributed by atoms with Crippen molar-refractivity contribution in [1.29, 1.82) is 0 Å². The molecule has 0 unspecified atom stereocenters. The van der Waals surface area contributed by atoms with Gasteiger partial charge in [0.1, 0.15) is 5.60 Å². The molecule has 0 atom stereocenters. The third-order valence-corrected chi connectivity index (χ3v) is 2.08. The number of ether oxygens (including phenoxy) is 2. The molecule has 0 saturated heterocycles. The SMILES string of the molecule is Cc1ccc([N+](=O)[O-])c(OCC(=O)OC(C)(C)C)c1. The Kier molecular flexibility index (Phi) is 4.47. The predicted octanol–water partition coefficient (Wildman–Crippen LogP) is 2.62. The zero-order valence-corrected chi connectivity index (χ0v) is 11.4. The second kappa shape index (κ2) is 5.69. The lowest BCUT2D eigenvalue weighted by atomic mass is 10.2. The molecular formula is C13H17NO5. The average molecular weight is 267 g/mol. The summed E-state index contributed by atoms with van der Waals surface area (Å²) in [5.41, 5.74) is 0.0258. The molecule has 1 aromatic carbocycles. The highest BCUT2D eigenvalue weighted by molar-refractivity contribution is 5.71. The first-order valence-corrected chi connectivity index (χ1v) is 5.79. The molecule has 0 N–H and O–H groups in total. The van der Waals surface area contributed by atoms with Gasteiger partial charge in [0.25, 0.3) is 0 Å². The van der Waals surface area contributed by atoms with E-state index in [1.165, 1.54) is 12.1 Å². The minimum atomic E-state index is -0.612. The molecule has 1 aromatic rings. The van der Waals surface area contributed by atoms with E-state index in [1.807, 2.05) is 0 Å². The Balaban J connectivity index is 2.75. The number of hydrogen-bond acceptors (Lipinski definition) is 5. The Bertz CT molecular complexity index is 490. The molecule has 0 saturated carbocycles. The smallest absolute Gasteiger partial charge is 0.344 e. The first kappa shape index (κ1) is 14.9. The van der Waals surface area contributed by atoms with Crippen molar-refractivity contribution in [3.05, 3.63) is 33.9 Å². The molecule has 104 valence electrons. The third-order valence-electron chi connectivity index (χ3n) is 2.08. The number of hydrogen-bond donors (Lipinski definition) is 0. The molecule has 0 aliphatic rings. The van der Waals surface area contributed by atoms with Gasteiger partial charge in [-0.15, -0.1) is 0 Å². The van der Waals surface area contributed by atoms with Gasteiger partial charge in [-0.05, 0) is 39.3 Å². The van der Waals surface area contributed by atoms with E-state index in [-0.39, 0.29) is 18.0 Å². The number of esters is 1. The molecule has 1 rings (SSSR count). The van der Waals surface area contributed by atoms with E-state index >= 15 is 0 Å². The van der Waals surface area contributed by atoms with E-state index in [1.54, 1.807) is 33.8 Å². The van der Waals surface area contributed by atoms with Crippen molar-refractivity contribution < 1.29 is 19.2 Å². The van der Waals surface area contributed by atoms with Crippen molar-refractivity contribution >= 4 is 11.7 Å². The summed E-state index contributed by atoms with van der Waals surface area (Å²) in [4.78, 5) is 21.7. The quantitative estimate of drug-likeness (QED) is 0.476. The molecule has 0 heterocycles. The lowest BCUT2D eigenvalue weighted by molar-refractivity contribution is -0.385. The Labute approximate surface area is 111 Å². The normalized spacial score (nSPS) is 10.9. The van der Waals surface area contributed by atoms with Crippen molar-refractivity contribution in [2.24, 2.45) is 0 Å². The lowest BCUT2D eigenvalue weighted by Gasteiger charge is -2.19. The van der Waals surface area contributed by atoms with Crippen LogP contribution < -0.4 is 4.74 Å².